The van der Waals surface area contributed by atoms with Crippen LogP contribution >= 0.6 is 18.1 Å². The monoisotopic (exact) mass is 445 g/mol. The molecular weight excluding hydrogens is 421 g/mol. The standard InChI is InChI=1S/C23H25ClNO4P/c1-23(2,3)16-28-22(26)21(18-11-5-4-6-12-18)25-30(24,27)29-20-15-9-13-17-10-7-8-14-19(17)20/h4-15,21H,16H2,1-3H3,(H,25,27)/t21-,30?/m1/s1. The lowest BCUT2D eigenvalue weighted by atomic mass is 9.98. The predicted octanol–water partition coefficient (Wildman–Crippen LogP) is 6.49. The Balaban J connectivity index is 1.85. The van der Waals surface area contributed by atoms with Crippen LogP contribution in [0.3, 0.4) is 0 Å². The molecule has 0 aromatic heterocycles. The number of halogens is 1. The van der Waals surface area contributed by atoms with E-state index < -0.39 is 18.9 Å². The molecule has 158 valence electrons. The summed E-state index contributed by atoms with van der Waals surface area (Å²) in [4.78, 5) is 12.8. The van der Waals surface area contributed by atoms with Crippen molar-refractivity contribution in [2.45, 2.75) is 26.8 Å². The van der Waals surface area contributed by atoms with E-state index in [2.05, 4.69) is 5.09 Å². The van der Waals surface area contributed by atoms with Crippen molar-refractivity contribution in [2.75, 3.05) is 6.61 Å². The molecule has 5 nitrogen and oxygen atoms in total. The third-order valence-corrected chi connectivity index (χ3v) is 5.76. The molecule has 0 amide bonds. The highest BCUT2D eigenvalue weighted by atomic mass is 35.7. The van der Waals surface area contributed by atoms with Gasteiger partial charge in [-0.05, 0) is 22.4 Å². The summed E-state index contributed by atoms with van der Waals surface area (Å²) in [6.45, 7) is 2.16. The number of carbonyl (C=O) groups is 1. The van der Waals surface area contributed by atoms with Gasteiger partial charge in [-0.1, -0.05) is 87.5 Å². The number of esters is 1. The number of nitrogens with one attached hydrogen (secondary N) is 1. The van der Waals surface area contributed by atoms with E-state index in [1.165, 1.54) is 0 Å². The molecule has 1 N–H and O–H groups in total. The van der Waals surface area contributed by atoms with Crippen molar-refractivity contribution in [3.05, 3.63) is 78.4 Å². The molecule has 0 bridgehead atoms. The van der Waals surface area contributed by atoms with E-state index in [4.69, 9.17) is 20.5 Å². The average Bonchev–Trinajstić information content (AvgIpc) is 2.70. The summed E-state index contributed by atoms with van der Waals surface area (Å²) < 4.78 is 24.3. The van der Waals surface area contributed by atoms with Gasteiger partial charge in [0.1, 0.15) is 11.8 Å². The third-order valence-electron chi connectivity index (χ3n) is 4.26. The zero-order valence-electron chi connectivity index (χ0n) is 17.2. The maximum atomic E-state index is 13.1. The molecule has 0 aliphatic carbocycles. The van der Waals surface area contributed by atoms with E-state index in [1.807, 2.05) is 57.2 Å². The molecule has 0 aliphatic rings. The van der Waals surface area contributed by atoms with E-state index in [0.29, 0.717) is 11.3 Å². The predicted molar refractivity (Wildman–Crippen MR) is 121 cm³/mol. The second kappa shape index (κ2) is 9.22. The Labute approximate surface area is 181 Å². The van der Waals surface area contributed by atoms with Gasteiger partial charge in [0, 0.05) is 16.6 Å². The second-order valence-electron chi connectivity index (χ2n) is 8.19. The van der Waals surface area contributed by atoms with Crippen LogP contribution in [0.1, 0.15) is 32.4 Å². The second-order valence-corrected chi connectivity index (χ2v) is 10.9. The zero-order valence-corrected chi connectivity index (χ0v) is 18.8. The Morgan fingerprint density at radius 1 is 1.00 bits per heavy atom. The van der Waals surface area contributed by atoms with Gasteiger partial charge in [-0.15, -0.1) is 0 Å². The summed E-state index contributed by atoms with van der Waals surface area (Å²) in [7, 11) is 0. The maximum Gasteiger partial charge on any atom is 0.410 e. The first-order chi connectivity index (χ1) is 14.1. The fraction of sp³-hybridized carbons (Fsp3) is 0.261. The molecule has 3 rings (SSSR count). The maximum absolute atomic E-state index is 13.1. The Hall–Kier alpha value is -2.33. The molecule has 3 aromatic rings. The Bertz CT molecular complexity index is 1060. The summed E-state index contributed by atoms with van der Waals surface area (Å²) in [5.74, 6) is -0.202. The highest BCUT2D eigenvalue weighted by Gasteiger charge is 2.33. The van der Waals surface area contributed by atoms with E-state index in [9.17, 15) is 9.36 Å². The van der Waals surface area contributed by atoms with Gasteiger partial charge >= 0.3 is 12.8 Å². The van der Waals surface area contributed by atoms with Crippen molar-refractivity contribution in [1.29, 1.82) is 0 Å². The number of rotatable bonds is 7. The third kappa shape index (κ3) is 6.09. The van der Waals surface area contributed by atoms with E-state index in [-0.39, 0.29) is 12.0 Å². The lowest BCUT2D eigenvalue weighted by Crippen LogP contribution is -2.30. The highest BCUT2D eigenvalue weighted by Crippen LogP contribution is 2.51. The van der Waals surface area contributed by atoms with E-state index in [0.717, 1.165) is 10.8 Å². The Morgan fingerprint density at radius 3 is 2.33 bits per heavy atom. The summed E-state index contributed by atoms with van der Waals surface area (Å²) in [5, 5.41) is 4.38. The van der Waals surface area contributed by atoms with Gasteiger partial charge in [0.2, 0.25) is 0 Å². The highest BCUT2D eigenvalue weighted by molar-refractivity contribution is 7.84. The van der Waals surface area contributed by atoms with Crippen LogP contribution in [0.4, 0.5) is 0 Å². The van der Waals surface area contributed by atoms with Crippen molar-refractivity contribution >= 4 is 34.9 Å². The van der Waals surface area contributed by atoms with Gasteiger partial charge in [-0.2, -0.15) is 0 Å². The molecule has 0 heterocycles. The fourth-order valence-electron chi connectivity index (χ4n) is 2.86. The van der Waals surface area contributed by atoms with Gasteiger partial charge in [0.25, 0.3) is 0 Å². The fourth-order valence-corrected chi connectivity index (χ4v) is 4.41. The van der Waals surface area contributed by atoms with Crippen LogP contribution in [0.5, 0.6) is 5.75 Å². The Morgan fingerprint density at radius 2 is 1.63 bits per heavy atom. The molecular formula is C23H25ClNO4P. The van der Waals surface area contributed by atoms with Crippen LogP contribution < -0.4 is 9.61 Å². The summed E-state index contributed by atoms with van der Waals surface area (Å²) in [6.07, 6.45) is 0. The molecule has 2 atom stereocenters. The van der Waals surface area contributed by atoms with Crippen LogP contribution in [0.2, 0.25) is 0 Å². The molecule has 3 aromatic carbocycles. The van der Waals surface area contributed by atoms with Crippen molar-refractivity contribution in [3.63, 3.8) is 0 Å². The van der Waals surface area contributed by atoms with Gasteiger partial charge in [0.15, 0.2) is 0 Å². The minimum absolute atomic E-state index is 0.207. The first kappa shape index (κ1) is 22.4. The molecule has 7 heteroatoms. The molecule has 0 aliphatic heterocycles. The first-order valence-electron chi connectivity index (χ1n) is 9.61. The van der Waals surface area contributed by atoms with Crippen molar-refractivity contribution in [2.24, 2.45) is 5.41 Å². The summed E-state index contributed by atoms with van der Waals surface area (Å²) in [5.41, 5.74) is 0.375. The molecule has 0 fully saturated rings. The molecule has 0 saturated carbocycles. The number of ether oxygens (including phenoxy) is 1. The summed E-state index contributed by atoms with van der Waals surface area (Å²) in [6, 6.07) is 20.8. The van der Waals surface area contributed by atoms with Crippen LogP contribution in [-0.2, 0) is 14.1 Å². The molecule has 0 radical (unpaired) electrons. The van der Waals surface area contributed by atoms with E-state index in [1.54, 1.807) is 36.4 Å². The zero-order chi connectivity index (χ0) is 21.8. The lowest BCUT2D eigenvalue weighted by Gasteiger charge is -2.24. The molecule has 0 spiro atoms. The number of hydrogen-bond acceptors (Lipinski definition) is 4. The molecule has 1 unspecified atom stereocenters. The first-order valence-corrected chi connectivity index (χ1v) is 12.1. The van der Waals surface area contributed by atoms with Gasteiger partial charge in [-0.25, -0.2) is 14.4 Å². The van der Waals surface area contributed by atoms with Crippen LogP contribution in [0, 0.1) is 5.41 Å². The largest absolute Gasteiger partial charge is 0.464 e. The minimum atomic E-state index is -3.94. The van der Waals surface area contributed by atoms with Crippen LogP contribution in [0.15, 0.2) is 72.8 Å². The SMILES string of the molecule is CC(C)(C)COC(=O)[C@H](NP(=O)(Cl)Oc1cccc2ccccc12)c1ccccc1. The smallest absolute Gasteiger partial charge is 0.410 e. The van der Waals surface area contributed by atoms with Crippen molar-refractivity contribution in [3.8, 4) is 5.75 Å². The lowest BCUT2D eigenvalue weighted by molar-refractivity contribution is -0.148. The quantitative estimate of drug-likeness (QED) is 0.333. The van der Waals surface area contributed by atoms with Gasteiger partial charge in [-0.3, -0.25) is 0 Å². The van der Waals surface area contributed by atoms with Crippen molar-refractivity contribution < 1.29 is 18.6 Å². The van der Waals surface area contributed by atoms with E-state index >= 15 is 0 Å². The summed E-state index contributed by atoms with van der Waals surface area (Å²) >= 11 is 6.26. The van der Waals surface area contributed by atoms with Crippen molar-refractivity contribution in [1.82, 2.24) is 5.09 Å². The number of fused-ring (bicyclic) bond motifs is 1. The Kier molecular flexibility index (Phi) is 6.87. The van der Waals surface area contributed by atoms with Gasteiger partial charge < -0.3 is 9.26 Å². The average molecular weight is 446 g/mol. The number of hydrogen-bond donors (Lipinski definition) is 1. The van der Waals surface area contributed by atoms with Crippen LogP contribution in [-0.4, -0.2) is 12.6 Å². The topological polar surface area (TPSA) is 64.6 Å². The van der Waals surface area contributed by atoms with Gasteiger partial charge in [0.05, 0.1) is 6.61 Å². The minimum Gasteiger partial charge on any atom is -0.464 e. The number of carbonyl (C=O) groups excluding carboxylic acids is 1. The normalized spacial score (nSPS) is 14.7. The number of benzene rings is 3. The van der Waals surface area contributed by atoms with Crippen LogP contribution in [0.25, 0.3) is 10.8 Å². The molecule has 0 saturated heterocycles. The molecule has 30 heavy (non-hydrogen) atoms.